The molecule has 152 valence electrons. The van der Waals surface area contributed by atoms with Crippen LogP contribution >= 0.6 is 0 Å². The summed E-state index contributed by atoms with van der Waals surface area (Å²) in [5, 5.41) is 5.76. The zero-order chi connectivity index (χ0) is 19.8. The Morgan fingerprint density at radius 3 is 2.54 bits per heavy atom. The number of hydrogen-bond donors (Lipinski definition) is 2. The predicted octanol–water partition coefficient (Wildman–Crippen LogP) is 0.324. The first-order valence-electron chi connectivity index (χ1n) is 9.52. The largest absolute Gasteiger partial charge is 0.481 e. The molecule has 0 bridgehead atoms. The highest BCUT2D eigenvalue weighted by atomic mass is 19.1. The van der Waals surface area contributed by atoms with Crippen LogP contribution in [-0.4, -0.2) is 72.9 Å². The number of carbonyl (C=O) groups is 2. The maximum absolute atomic E-state index is 13.6. The van der Waals surface area contributed by atoms with E-state index >= 15 is 0 Å². The molecule has 5 atom stereocenters. The number of para-hydroxylation sites is 1. The number of hydrogen-bond acceptors (Lipinski definition) is 5. The fraction of sp³-hybridized carbons (Fsp3) is 0.579. The van der Waals surface area contributed by atoms with Gasteiger partial charge in [0.25, 0.3) is 11.8 Å². The molecule has 2 N–H and O–H groups in total. The van der Waals surface area contributed by atoms with Gasteiger partial charge in [0.15, 0.2) is 24.3 Å². The van der Waals surface area contributed by atoms with Crippen molar-refractivity contribution < 1.29 is 23.1 Å². The van der Waals surface area contributed by atoms with Gasteiger partial charge in [-0.05, 0) is 30.9 Å². The number of alkyl halides is 1. The number of nitrogens with one attached hydrogen (secondary N) is 2. The van der Waals surface area contributed by atoms with Gasteiger partial charge >= 0.3 is 0 Å². The summed E-state index contributed by atoms with van der Waals surface area (Å²) in [6.45, 7) is 4.09. The maximum atomic E-state index is 13.6. The van der Waals surface area contributed by atoms with Crippen LogP contribution in [-0.2, 0) is 9.59 Å². The Labute approximate surface area is 162 Å². The lowest BCUT2D eigenvalue weighted by Crippen LogP contribution is -2.67. The van der Waals surface area contributed by atoms with E-state index in [1.165, 1.54) is 12.1 Å². The molecule has 7 nitrogen and oxygen atoms in total. The lowest BCUT2D eigenvalue weighted by Gasteiger charge is -2.37. The number of likely N-dealkylation sites (tertiary alicyclic amines) is 2. The first-order chi connectivity index (χ1) is 13.4. The standard InChI is InChI=1S/C19H24F2N4O3/c1-11-17(21)18(27)23-19(22-11)25-8-12-6-24(7-13(12)9-25)16(26)10-28-15-5-3-2-4-14(15)20/h2-5,11-13,17,19,22H,6-10H2,1H3,(H,23,27). The average molecular weight is 394 g/mol. The third-order valence-electron chi connectivity index (χ3n) is 5.81. The van der Waals surface area contributed by atoms with Crippen molar-refractivity contribution in [3.63, 3.8) is 0 Å². The van der Waals surface area contributed by atoms with Gasteiger partial charge in [0.05, 0.1) is 0 Å². The number of carbonyl (C=O) groups excluding carboxylic acids is 2. The highest BCUT2D eigenvalue weighted by Gasteiger charge is 2.45. The SMILES string of the molecule is CC1NC(N2CC3CN(C(=O)COc4ccccc4F)CC3C2)NC(=O)C1F. The summed E-state index contributed by atoms with van der Waals surface area (Å²) in [6.07, 6.45) is -1.92. The summed E-state index contributed by atoms with van der Waals surface area (Å²) in [4.78, 5) is 28.0. The zero-order valence-electron chi connectivity index (χ0n) is 15.6. The van der Waals surface area contributed by atoms with Crippen molar-refractivity contribution in [2.75, 3.05) is 32.8 Å². The summed E-state index contributed by atoms with van der Waals surface area (Å²) >= 11 is 0. The van der Waals surface area contributed by atoms with E-state index in [1.807, 2.05) is 0 Å². The second-order valence-electron chi connectivity index (χ2n) is 7.76. The molecule has 0 aromatic heterocycles. The maximum Gasteiger partial charge on any atom is 0.260 e. The van der Waals surface area contributed by atoms with E-state index in [-0.39, 0.29) is 36.4 Å². The number of fused-ring (bicyclic) bond motifs is 1. The van der Waals surface area contributed by atoms with Crippen molar-refractivity contribution in [1.29, 1.82) is 0 Å². The number of nitrogens with zero attached hydrogens (tertiary/aromatic N) is 2. The van der Waals surface area contributed by atoms with Gasteiger partial charge in [0.2, 0.25) is 0 Å². The molecule has 0 aliphatic carbocycles. The van der Waals surface area contributed by atoms with E-state index in [4.69, 9.17) is 4.74 Å². The molecule has 3 saturated heterocycles. The van der Waals surface area contributed by atoms with Gasteiger partial charge in [-0.1, -0.05) is 12.1 Å². The molecule has 0 spiro atoms. The summed E-state index contributed by atoms with van der Waals surface area (Å²) in [5.74, 6) is -0.599. The molecule has 3 fully saturated rings. The lowest BCUT2D eigenvalue weighted by atomic mass is 10.0. The second-order valence-corrected chi connectivity index (χ2v) is 7.76. The van der Waals surface area contributed by atoms with Gasteiger partial charge in [-0.2, -0.15) is 0 Å². The fourth-order valence-corrected chi connectivity index (χ4v) is 4.25. The molecule has 0 radical (unpaired) electrons. The lowest BCUT2D eigenvalue weighted by molar-refractivity contribution is -0.133. The summed E-state index contributed by atoms with van der Waals surface area (Å²) in [5.41, 5.74) is 0. The normalized spacial score (nSPS) is 32.9. The van der Waals surface area contributed by atoms with Gasteiger partial charge in [0, 0.05) is 32.2 Å². The van der Waals surface area contributed by atoms with Gasteiger partial charge in [-0.3, -0.25) is 19.8 Å². The Kier molecular flexibility index (Phi) is 5.20. The first-order valence-corrected chi connectivity index (χ1v) is 9.52. The highest BCUT2D eigenvalue weighted by Crippen LogP contribution is 2.32. The third kappa shape index (κ3) is 3.68. The van der Waals surface area contributed by atoms with E-state index in [0.717, 1.165) is 0 Å². The van der Waals surface area contributed by atoms with Gasteiger partial charge < -0.3 is 15.0 Å². The molecule has 0 saturated carbocycles. The number of amides is 2. The monoisotopic (exact) mass is 394 g/mol. The van der Waals surface area contributed by atoms with Crippen molar-refractivity contribution in [2.45, 2.75) is 25.4 Å². The van der Waals surface area contributed by atoms with Crippen LogP contribution in [0, 0.1) is 17.7 Å². The van der Waals surface area contributed by atoms with Gasteiger partial charge in [-0.25, -0.2) is 8.78 Å². The number of ether oxygens (including phenoxy) is 1. The Bertz CT molecular complexity index is 750. The summed E-state index contributed by atoms with van der Waals surface area (Å²) in [7, 11) is 0. The van der Waals surface area contributed by atoms with Crippen molar-refractivity contribution in [1.82, 2.24) is 20.4 Å². The van der Waals surface area contributed by atoms with Crippen LogP contribution in [0.2, 0.25) is 0 Å². The third-order valence-corrected chi connectivity index (χ3v) is 5.81. The molecular weight excluding hydrogens is 370 g/mol. The molecule has 1 aromatic rings. The van der Waals surface area contributed by atoms with Crippen molar-refractivity contribution in [3.05, 3.63) is 30.1 Å². The molecule has 3 aliphatic heterocycles. The smallest absolute Gasteiger partial charge is 0.260 e. The Morgan fingerprint density at radius 1 is 1.21 bits per heavy atom. The molecule has 1 aromatic carbocycles. The molecule has 2 amide bonds. The van der Waals surface area contributed by atoms with Crippen LogP contribution in [0.1, 0.15) is 6.92 Å². The summed E-state index contributed by atoms with van der Waals surface area (Å²) < 4.78 is 32.6. The molecule has 3 heterocycles. The zero-order valence-corrected chi connectivity index (χ0v) is 15.6. The number of benzene rings is 1. The minimum Gasteiger partial charge on any atom is -0.481 e. The quantitative estimate of drug-likeness (QED) is 0.770. The van der Waals surface area contributed by atoms with Crippen LogP contribution in [0.25, 0.3) is 0 Å². The van der Waals surface area contributed by atoms with Crippen molar-refractivity contribution in [2.24, 2.45) is 11.8 Å². The van der Waals surface area contributed by atoms with Gasteiger partial charge in [-0.15, -0.1) is 0 Å². The minimum atomic E-state index is -1.54. The molecular formula is C19H24F2N4O3. The first kappa shape index (κ1) is 19.1. The molecule has 28 heavy (non-hydrogen) atoms. The topological polar surface area (TPSA) is 73.9 Å². The summed E-state index contributed by atoms with van der Waals surface area (Å²) in [6, 6.07) is 5.47. The Hall–Kier alpha value is -2.26. The van der Waals surface area contributed by atoms with Crippen LogP contribution < -0.4 is 15.4 Å². The molecule has 5 unspecified atom stereocenters. The van der Waals surface area contributed by atoms with Crippen LogP contribution in [0.3, 0.4) is 0 Å². The Balaban J connectivity index is 1.28. The second kappa shape index (κ2) is 7.63. The highest BCUT2D eigenvalue weighted by molar-refractivity contribution is 5.82. The fourth-order valence-electron chi connectivity index (χ4n) is 4.25. The van der Waals surface area contributed by atoms with E-state index < -0.39 is 23.9 Å². The molecule has 9 heteroatoms. The van der Waals surface area contributed by atoms with Crippen LogP contribution in [0.15, 0.2) is 24.3 Å². The predicted molar refractivity (Wildman–Crippen MR) is 96.5 cm³/mol. The van der Waals surface area contributed by atoms with Gasteiger partial charge in [0.1, 0.15) is 6.29 Å². The minimum absolute atomic E-state index is 0.0702. The number of rotatable bonds is 4. The van der Waals surface area contributed by atoms with E-state index in [0.29, 0.717) is 26.2 Å². The van der Waals surface area contributed by atoms with Crippen LogP contribution in [0.4, 0.5) is 8.78 Å². The van der Waals surface area contributed by atoms with Crippen molar-refractivity contribution in [3.8, 4) is 5.75 Å². The Morgan fingerprint density at radius 2 is 1.89 bits per heavy atom. The van der Waals surface area contributed by atoms with E-state index in [2.05, 4.69) is 15.5 Å². The van der Waals surface area contributed by atoms with E-state index in [1.54, 1.807) is 24.0 Å². The molecule has 4 rings (SSSR count). The van der Waals surface area contributed by atoms with Crippen molar-refractivity contribution >= 4 is 11.8 Å². The average Bonchev–Trinajstić information content (AvgIpc) is 3.24. The van der Waals surface area contributed by atoms with E-state index in [9.17, 15) is 18.4 Å². The number of halogens is 2. The van der Waals surface area contributed by atoms with Crippen LogP contribution in [0.5, 0.6) is 5.75 Å². The molecule has 3 aliphatic rings.